The van der Waals surface area contributed by atoms with Gasteiger partial charge < -0.3 is 9.47 Å². The lowest BCUT2D eigenvalue weighted by Crippen LogP contribution is -2.33. The molecule has 0 fully saturated rings. The van der Waals surface area contributed by atoms with E-state index < -0.39 is 5.41 Å². The Morgan fingerprint density at radius 2 is 1.61 bits per heavy atom. The summed E-state index contributed by atoms with van der Waals surface area (Å²) in [6.45, 7) is 3.91. The highest BCUT2D eigenvalue weighted by Gasteiger charge is 2.41. The molecule has 0 aromatic carbocycles. The van der Waals surface area contributed by atoms with Gasteiger partial charge in [0.1, 0.15) is 0 Å². The zero-order valence-electron chi connectivity index (χ0n) is 11.4. The third-order valence-electron chi connectivity index (χ3n) is 3.39. The molecule has 0 heterocycles. The topological polar surface area (TPSA) is 52.6 Å². The van der Waals surface area contributed by atoms with Crippen LogP contribution in [-0.2, 0) is 19.1 Å². The summed E-state index contributed by atoms with van der Waals surface area (Å²) in [5, 5.41) is 0. The molecule has 0 amide bonds. The average Bonchev–Trinajstić information content (AvgIpc) is 2.37. The second-order valence-corrected chi connectivity index (χ2v) is 4.54. The number of esters is 2. The minimum atomic E-state index is -0.618. The highest BCUT2D eigenvalue weighted by molar-refractivity contribution is 5.98. The highest BCUT2D eigenvalue weighted by atomic mass is 16.5. The van der Waals surface area contributed by atoms with Crippen LogP contribution in [0.2, 0.25) is 0 Å². The summed E-state index contributed by atoms with van der Waals surface area (Å²) in [5.41, 5.74) is 0.484. The molecule has 0 N–H and O–H groups in total. The Hall–Kier alpha value is -1.58. The normalized spacial score (nSPS) is 17.6. The third kappa shape index (κ3) is 2.47. The van der Waals surface area contributed by atoms with Crippen LogP contribution in [0.4, 0.5) is 0 Å². The number of rotatable bonds is 4. The van der Waals surface area contributed by atoms with Crippen LogP contribution in [0.15, 0.2) is 23.3 Å². The predicted molar refractivity (Wildman–Crippen MR) is 67.8 cm³/mol. The van der Waals surface area contributed by atoms with Crippen molar-refractivity contribution in [1.82, 2.24) is 0 Å². The Morgan fingerprint density at radius 1 is 1.17 bits per heavy atom. The van der Waals surface area contributed by atoms with Crippen molar-refractivity contribution in [2.75, 3.05) is 14.2 Å². The maximum Gasteiger partial charge on any atom is 0.334 e. The molecule has 0 bridgehead atoms. The fourth-order valence-electron chi connectivity index (χ4n) is 2.50. The van der Waals surface area contributed by atoms with Gasteiger partial charge in [0, 0.05) is 16.6 Å². The Labute approximate surface area is 108 Å². The molecule has 0 spiro atoms. The van der Waals surface area contributed by atoms with Crippen molar-refractivity contribution in [2.45, 2.75) is 33.1 Å². The molecule has 0 aliphatic heterocycles. The minimum Gasteiger partial charge on any atom is -0.466 e. The predicted octanol–water partition coefficient (Wildman–Crippen LogP) is 2.40. The number of carbonyl (C=O) groups is 2. The monoisotopic (exact) mass is 252 g/mol. The van der Waals surface area contributed by atoms with E-state index in [0.717, 1.165) is 6.42 Å². The van der Waals surface area contributed by atoms with E-state index in [9.17, 15) is 9.59 Å². The van der Waals surface area contributed by atoms with Gasteiger partial charge >= 0.3 is 11.9 Å². The van der Waals surface area contributed by atoms with Crippen molar-refractivity contribution < 1.29 is 19.1 Å². The van der Waals surface area contributed by atoms with Crippen molar-refractivity contribution in [2.24, 2.45) is 5.41 Å². The van der Waals surface area contributed by atoms with E-state index in [-0.39, 0.29) is 11.9 Å². The summed E-state index contributed by atoms with van der Waals surface area (Å²) in [6, 6.07) is 0. The summed E-state index contributed by atoms with van der Waals surface area (Å²) >= 11 is 0. The Morgan fingerprint density at radius 3 is 1.94 bits per heavy atom. The summed E-state index contributed by atoms with van der Waals surface area (Å²) < 4.78 is 9.61. The molecule has 1 rings (SSSR count). The van der Waals surface area contributed by atoms with Crippen molar-refractivity contribution in [1.29, 1.82) is 0 Å². The molecule has 0 radical (unpaired) electrons. The van der Waals surface area contributed by atoms with Gasteiger partial charge in [-0.1, -0.05) is 32.4 Å². The molecular formula is C14H20O4. The van der Waals surface area contributed by atoms with E-state index in [1.807, 2.05) is 26.0 Å². The van der Waals surface area contributed by atoms with E-state index in [0.29, 0.717) is 24.0 Å². The smallest absolute Gasteiger partial charge is 0.334 e. The number of hydrogen-bond acceptors (Lipinski definition) is 4. The standard InChI is InChI=1S/C14H20O4/c1-5-9-14(2)10(12(15)17-3)7-6-8-11(14)13(16)18-4/h7-8H,5-6,9H2,1-4H3. The summed E-state index contributed by atoms with van der Waals surface area (Å²) in [5.74, 6) is -0.749. The number of allylic oxidation sites excluding steroid dienone is 2. The van der Waals surface area contributed by atoms with Gasteiger partial charge in [-0.25, -0.2) is 9.59 Å². The molecule has 1 aliphatic carbocycles. The Balaban J connectivity index is 3.19. The first-order chi connectivity index (χ1) is 8.51. The number of carbonyl (C=O) groups excluding carboxylic acids is 2. The maximum absolute atomic E-state index is 11.8. The van der Waals surface area contributed by atoms with Crippen LogP contribution in [0, 0.1) is 5.41 Å². The van der Waals surface area contributed by atoms with E-state index in [4.69, 9.17) is 9.47 Å². The lowest BCUT2D eigenvalue weighted by Gasteiger charge is -2.34. The first-order valence-corrected chi connectivity index (χ1v) is 6.09. The Bertz CT molecular complexity index is 372. The molecule has 0 saturated carbocycles. The minimum absolute atomic E-state index is 0.375. The molecule has 18 heavy (non-hydrogen) atoms. The van der Waals surface area contributed by atoms with Gasteiger partial charge in [0.15, 0.2) is 0 Å². The molecular weight excluding hydrogens is 232 g/mol. The molecule has 4 nitrogen and oxygen atoms in total. The molecule has 100 valence electrons. The Kier molecular flexibility index (Phi) is 4.70. The first kappa shape index (κ1) is 14.5. The fraction of sp³-hybridized carbons (Fsp3) is 0.571. The molecule has 0 aromatic heterocycles. The molecule has 0 atom stereocenters. The van der Waals surface area contributed by atoms with Gasteiger partial charge in [0.05, 0.1) is 14.2 Å². The van der Waals surface area contributed by atoms with Crippen LogP contribution in [0.1, 0.15) is 33.1 Å². The molecule has 4 heteroatoms. The number of methoxy groups -OCH3 is 2. The number of hydrogen-bond donors (Lipinski definition) is 0. The van der Waals surface area contributed by atoms with Gasteiger partial charge in [-0.2, -0.15) is 0 Å². The quantitative estimate of drug-likeness (QED) is 0.721. The van der Waals surface area contributed by atoms with Gasteiger partial charge in [-0.05, 0) is 12.8 Å². The van der Waals surface area contributed by atoms with Gasteiger partial charge in [-0.3, -0.25) is 0 Å². The van der Waals surface area contributed by atoms with Crippen LogP contribution in [-0.4, -0.2) is 26.2 Å². The summed E-state index contributed by atoms with van der Waals surface area (Å²) in [6.07, 6.45) is 5.77. The largest absolute Gasteiger partial charge is 0.466 e. The van der Waals surface area contributed by atoms with Crippen LogP contribution in [0.5, 0.6) is 0 Å². The van der Waals surface area contributed by atoms with Crippen LogP contribution in [0.25, 0.3) is 0 Å². The summed E-state index contributed by atoms with van der Waals surface area (Å²) in [7, 11) is 2.71. The van der Waals surface area contributed by atoms with E-state index in [1.54, 1.807) is 0 Å². The van der Waals surface area contributed by atoms with Crippen molar-refractivity contribution in [3.8, 4) is 0 Å². The maximum atomic E-state index is 11.8. The second kappa shape index (κ2) is 5.85. The molecule has 0 aromatic rings. The first-order valence-electron chi connectivity index (χ1n) is 6.09. The SMILES string of the molecule is CCCC1(C)C(C(=O)OC)=CCC=C1C(=O)OC. The van der Waals surface area contributed by atoms with Crippen LogP contribution >= 0.6 is 0 Å². The second-order valence-electron chi connectivity index (χ2n) is 4.54. The van der Waals surface area contributed by atoms with E-state index in [2.05, 4.69) is 0 Å². The van der Waals surface area contributed by atoms with Crippen LogP contribution < -0.4 is 0 Å². The molecule has 0 unspecified atom stereocenters. The van der Waals surface area contributed by atoms with Gasteiger partial charge in [0.2, 0.25) is 0 Å². The average molecular weight is 252 g/mol. The highest BCUT2D eigenvalue weighted by Crippen LogP contribution is 2.43. The number of ether oxygens (including phenoxy) is 2. The fourth-order valence-corrected chi connectivity index (χ4v) is 2.50. The van der Waals surface area contributed by atoms with Gasteiger partial charge in [0.25, 0.3) is 0 Å². The van der Waals surface area contributed by atoms with Crippen LogP contribution in [0.3, 0.4) is 0 Å². The summed E-state index contributed by atoms with van der Waals surface area (Å²) in [4.78, 5) is 23.7. The zero-order valence-corrected chi connectivity index (χ0v) is 11.4. The lowest BCUT2D eigenvalue weighted by atomic mass is 9.69. The van der Waals surface area contributed by atoms with Crippen molar-refractivity contribution in [3.05, 3.63) is 23.3 Å². The zero-order chi connectivity index (χ0) is 13.8. The van der Waals surface area contributed by atoms with E-state index in [1.165, 1.54) is 14.2 Å². The molecule has 0 saturated heterocycles. The van der Waals surface area contributed by atoms with E-state index >= 15 is 0 Å². The molecule has 1 aliphatic rings. The lowest BCUT2D eigenvalue weighted by molar-refractivity contribution is -0.138. The third-order valence-corrected chi connectivity index (χ3v) is 3.39. The van der Waals surface area contributed by atoms with Crippen molar-refractivity contribution >= 4 is 11.9 Å². The van der Waals surface area contributed by atoms with Crippen molar-refractivity contribution in [3.63, 3.8) is 0 Å². The van der Waals surface area contributed by atoms with Gasteiger partial charge in [-0.15, -0.1) is 0 Å².